The van der Waals surface area contributed by atoms with Crippen LogP contribution in [0.15, 0.2) is 12.5 Å². The first kappa shape index (κ1) is 11.3. The molecule has 3 rings (SSSR count). The van der Waals surface area contributed by atoms with Crippen molar-refractivity contribution < 1.29 is 0 Å². The van der Waals surface area contributed by atoms with E-state index in [0.717, 1.165) is 24.9 Å². The lowest BCUT2D eigenvalue weighted by Gasteiger charge is -2.25. The molecule has 1 aromatic heterocycles. The summed E-state index contributed by atoms with van der Waals surface area (Å²) in [6.07, 6.45) is 10.9. The molecule has 0 spiro atoms. The lowest BCUT2D eigenvalue weighted by Crippen LogP contribution is -2.29. The van der Waals surface area contributed by atoms with Crippen LogP contribution < -0.4 is 5.32 Å². The van der Waals surface area contributed by atoms with Gasteiger partial charge < -0.3 is 9.88 Å². The van der Waals surface area contributed by atoms with Gasteiger partial charge in [-0.15, -0.1) is 0 Å². The van der Waals surface area contributed by atoms with Crippen LogP contribution in [-0.4, -0.2) is 16.1 Å². The highest BCUT2D eigenvalue weighted by atomic mass is 15.1. The molecule has 0 radical (unpaired) electrons. The van der Waals surface area contributed by atoms with Gasteiger partial charge in [0.25, 0.3) is 0 Å². The topological polar surface area (TPSA) is 29.9 Å². The van der Waals surface area contributed by atoms with E-state index >= 15 is 0 Å². The molecule has 0 bridgehead atoms. The largest absolute Gasteiger partial charge is 0.333 e. The van der Waals surface area contributed by atoms with Crippen LogP contribution in [0.2, 0.25) is 0 Å². The number of piperidine rings is 1. The highest BCUT2D eigenvalue weighted by molar-refractivity contribution is 5.06. The van der Waals surface area contributed by atoms with Crippen LogP contribution in [0, 0.1) is 11.8 Å². The Kier molecular flexibility index (Phi) is 3.19. The van der Waals surface area contributed by atoms with Gasteiger partial charge in [0.15, 0.2) is 0 Å². The minimum Gasteiger partial charge on any atom is -0.333 e. The van der Waals surface area contributed by atoms with Crippen LogP contribution in [0.1, 0.15) is 50.8 Å². The quantitative estimate of drug-likeness (QED) is 0.866. The van der Waals surface area contributed by atoms with Crippen molar-refractivity contribution in [2.24, 2.45) is 11.8 Å². The first-order valence-corrected chi connectivity index (χ1v) is 7.08. The van der Waals surface area contributed by atoms with Gasteiger partial charge in [0.2, 0.25) is 0 Å². The van der Waals surface area contributed by atoms with Crippen molar-refractivity contribution in [1.82, 2.24) is 14.9 Å². The van der Waals surface area contributed by atoms with E-state index < -0.39 is 0 Å². The maximum Gasteiger partial charge on any atom is 0.0948 e. The lowest BCUT2D eigenvalue weighted by molar-refractivity contribution is 0.369. The molecule has 1 aromatic rings. The van der Waals surface area contributed by atoms with Gasteiger partial charge >= 0.3 is 0 Å². The van der Waals surface area contributed by atoms with E-state index in [1.165, 1.54) is 37.8 Å². The Labute approximate surface area is 104 Å². The van der Waals surface area contributed by atoms with Gasteiger partial charge in [0.1, 0.15) is 0 Å². The Morgan fingerprint density at radius 3 is 3.00 bits per heavy atom. The maximum absolute atomic E-state index is 4.35. The van der Waals surface area contributed by atoms with Crippen LogP contribution in [0.3, 0.4) is 0 Å². The highest BCUT2D eigenvalue weighted by Gasteiger charge is 2.29. The minimum atomic E-state index is 0.539. The van der Waals surface area contributed by atoms with Crippen LogP contribution in [0.25, 0.3) is 0 Å². The number of rotatable bonds is 4. The monoisotopic (exact) mass is 233 g/mol. The Morgan fingerprint density at radius 2 is 2.29 bits per heavy atom. The molecule has 3 nitrogen and oxygen atoms in total. The lowest BCUT2D eigenvalue weighted by atomic mass is 10.0. The summed E-state index contributed by atoms with van der Waals surface area (Å²) in [4.78, 5) is 4.35. The fraction of sp³-hybridized carbons (Fsp3) is 0.786. The van der Waals surface area contributed by atoms with Crippen LogP contribution in [0.4, 0.5) is 0 Å². The average Bonchev–Trinajstić information content (AvgIpc) is 3.12. The molecule has 2 atom stereocenters. The van der Waals surface area contributed by atoms with Crippen molar-refractivity contribution >= 4 is 0 Å². The molecule has 2 aliphatic rings. The molecule has 2 unspecified atom stereocenters. The van der Waals surface area contributed by atoms with Gasteiger partial charge in [0, 0.05) is 18.8 Å². The molecule has 94 valence electrons. The second-order valence-electron chi connectivity index (χ2n) is 5.79. The van der Waals surface area contributed by atoms with Crippen molar-refractivity contribution in [2.75, 3.05) is 6.54 Å². The first-order chi connectivity index (χ1) is 8.34. The average molecular weight is 233 g/mol. The molecular formula is C14H23N3. The fourth-order valence-corrected chi connectivity index (χ4v) is 3.00. The molecule has 1 aliphatic carbocycles. The van der Waals surface area contributed by atoms with Crippen LogP contribution in [0.5, 0.6) is 0 Å². The van der Waals surface area contributed by atoms with E-state index in [-0.39, 0.29) is 0 Å². The molecule has 1 aliphatic heterocycles. The van der Waals surface area contributed by atoms with Crippen molar-refractivity contribution in [3.8, 4) is 0 Å². The zero-order chi connectivity index (χ0) is 11.7. The summed E-state index contributed by atoms with van der Waals surface area (Å²) in [7, 11) is 0. The predicted octanol–water partition coefficient (Wildman–Crippen LogP) is 2.74. The molecule has 2 fully saturated rings. The fourth-order valence-electron chi connectivity index (χ4n) is 3.00. The Morgan fingerprint density at radius 1 is 1.41 bits per heavy atom. The molecule has 0 amide bonds. The van der Waals surface area contributed by atoms with Gasteiger partial charge in [0.05, 0.1) is 12.0 Å². The second kappa shape index (κ2) is 4.81. The molecule has 0 aromatic carbocycles. The molecule has 3 heteroatoms. The van der Waals surface area contributed by atoms with Crippen LogP contribution >= 0.6 is 0 Å². The zero-order valence-corrected chi connectivity index (χ0v) is 10.7. The number of imidazole rings is 1. The summed E-state index contributed by atoms with van der Waals surface area (Å²) < 4.78 is 2.38. The van der Waals surface area contributed by atoms with Crippen molar-refractivity contribution in [3.63, 3.8) is 0 Å². The van der Waals surface area contributed by atoms with Crippen molar-refractivity contribution in [3.05, 3.63) is 18.2 Å². The normalized spacial score (nSPS) is 27.0. The number of nitrogens with zero attached hydrogens (tertiary/aromatic N) is 2. The van der Waals surface area contributed by atoms with E-state index in [9.17, 15) is 0 Å². The number of aromatic nitrogens is 2. The zero-order valence-electron chi connectivity index (χ0n) is 10.7. The standard InChI is InChI=1S/C14H23N3/c1-11(12-5-6-12)9-17-10-15-8-14(17)13-4-2-3-7-16-13/h8,10-13,16H,2-7,9H2,1H3. The third-order valence-corrected chi connectivity index (χ3v) is 4.32. The van der Waals surface area contributed by atoms with Gasteiger partial charge in [-0.2, -0.15) is 0 Å². The van der Waals surface area contributed by atoms with E-state index in [0.29, 0.717) is 6.04 Å². The molecule has 17 heavy (non-hydrogen) atoms. The van der Waals surface area contributed by atoms with Crippen molar-refractivity contribution in [2.45, 2.75) is 51.6 Å². The third-order valence-electron chi connectivity index (χ3n) is 4.32. The smallest absolute Gasteiger partial charge is 0.0948 e. The van der Waals surface area contributed by atoms with E-state index in [1.807, 2.05) is 6.33 Å². The van der Waals surface area contributed by atoms with Gasteiger partial charge in [-0.05, 0) is 44.1 Å². The summed E-state index contributed by atoms with van der Waals surface area (Å²) in [5, 5.41) is 3.62. The number of nitrogens with one attached hydrogen (secondary N) is 1. The summed E-state index contributed by atoms with van der Waals surface area (Å²) in [6, 6.07) is 0.539. The van der Waals surface area contributed by atoms with Gasteiger partial charge in [-0.25, -0.2) is 4.98 Å². The number of hydrogen-bond acceptors (Lipinski definition) is 2. The summed E-state index contributed by atoms with van der Waals surface area (Å²) in [5.41, 5.74) is 1.40. The predicted molar refractivity (Wildman–Crippen MR) is 68.7 cm³/mol. The Hall–Kier alpha value is -0.830. The van der Waals surface area contributed by atoms with Gasteiger partial charge in [-0.1, -0.05) is 13.3 Å². The Balaban J connectivity index is 1.69. The van der Waals surface area contributed by atoms with Gasteiger partial charge in [-0.3, -0.25) is 0 Å². The van der Waals surface area contributed by atoms with Crippen molar-refractivity contribution in [1.29, 1.82) is 0 Å². The van der Waals surface area contributed by atoms with E-state index in [2.05, 4.69) is 28.0 Å². The third kappa shape index (κ3) is 2.54. The highest BCUT2D eigenvalue weighted by Crippen LogP contribution is 2.37. The maximum atomic E-state index is 4.35. The summed E-state index contributed by atoms with van der Waals surface area (Å²) >= 11 is 0. The SMILES string of the molecule is CC(Cn1cncc1C1CCCCN1)C1CC1. The molecule has 1 saturated carbocycles. The van der Waals surface area contributed by atoms with E-state index in [1.54, 1.807) is 0 Å². The molecule has 2 heterocycles. The molecule has 1 N–H and O–H groups in total. The van der Waals surface area contributed by atoms with Crippen LogP contribution in [-0.2, 0) is 6.54 Å². The first-order valence-electron chi connectivity index (χ1n) is 7.08. The summed E-state index contributed by atoms with van der Waals surface area (Å²) in [5.74, 6) is 1.79. The second-order valence-corrected chi connectivity index (χ2v) is 5.79. The minimum absolute atomic E-state index is 0.539. The van der Waals surface area contributed by atoms with E-state index in [4.69, 9.17) is 0 Å². The molecular weight excluding hydrogens is 210 g/mol. The molecule has 1 saturated heterocycles. The number of hydrogen-bond donors (Lipinski definition) is 1. The summed E-state index contributed by atoms with van der Waals surface area (Å²) in [6.45, 7) is 4.70. The Bertz CT molecular complexity index is 361.